The van der Waals surface area contributed by atoms with Crippen LogP contribution in [0.15, 0.2) is 0 Å². The lowest BCUT2D eigenvalue weighted by Gasteiger charge is -2.48. The number of nitrogens with zero attached hydrogens (tertiary/aromatic N) is 1. The lowest BCUT2D eigenvalue weighted by molar-refractivity contribution is -0.248. The fourth-order valence-electron chi connectivity index (χ4n) is 2.09. The van der Waals surface area contributed by atoms with E-state index in [1.54, 1.807) is 20.8 Å². The van der Waals surface area contributed by atoms with Gasteiger partial charge in [0.25, 0.3) is 0 Å². The number of hydrogen-bond donors (Lipinski definition) is 3. The first-order valence-electron chi connectivity index (χ1n) is 5.16. The Hall–Kier alpha value is -0.880. The van der Waals surface area contributed by atoms with Crippen molar-refractivity contribution >= 4 is 6.09 Å². The maximum Gasteiger partial charge on any atom is 0.407 e. The lowest BCUT2D eigenvalue weighted by atomic mass is 9.77. The van der Waals surface area contributed by atoms with Crippen LogP contribution in [-0.4, -0.2) is 50.9 Å². The van der Waals surface area contributed by atoms with E-state index in [0.717, 1.165) is 4.90 Å². The van der Waals surface area contributed by atoms with E-state index in [1.807, 2.05) is 0 Å². The molecule has 0 aliphatic carbocycles. The Labute approximate surface area is 93.5 Å². The molecule has 0 bridgehead atoms. The highest BCUT2D eigenvalue weighted by Crippen LogP contribution is 2.37. The van der Waals surface area contributed by atoms with E-state index in [4.69, 9.17) is 5.11 Å². The van der Waals surface area contributed by atoms with Crippen molar-refractivity contribution in [1.82, 2.24) is 4.90 Å². The predicted octanol–water partition coefficient (Wildman–Crippen LogP) is 0.804. The van der Waals surface area contributed by atoms with Crippen LogP contribution in [0.1, 0.15) is 27.2 Å². The molecule has 1 aliphatic heterocycles. The summed E-state index contributed by atoms with van der Waals surface area (Å²) in [6.45, 7) is 4.93. The van der Waals surface area contributed by atoms with Crippen molar-refractivity contribution in [3.63, 3.8) is 0 Å². The maximum atomic E-state index is 13.9. The fourth-order valence-corrected chi connectivity index (χ4v) is 2.09. The summed E-state index contributed by atoms with van der Waals surface area (Å²) in [5.74, 6) is -2.44. The molecule has 2 atom stereocenters. The molecule has 1 rings (SSSR count). The standard InChI is InChI=1S/C10H18FNO4/c1-9(2,3)7-6(11)10(15,16)4-5-12(7)8(13)14/h6-7,15-16H,4-5H2,1-3H3,(H,13,14). The Kier molecular flexibility index (Phi) is 3.17. The zero-order valence-corrected chi connectivity index (χ0v) is 9.64. The van der Waals surface area contributed by atoms with Crippen molar-refractivity contribution in [2.75, 3.05) is 6.54 Å². The predicted molar refractivity (Wildman–Crippen MR) is 54.7 cm³/mol. The van der Waals surface area contributed by atoms with E-state index in [-0.39, 0.29) is 13.0 Å². The molecular formula is C10H18FNO4. The molecule has 1 heterocycles. The second-order valence-electron chi connectivity index (χ2n) is 5.32. The van der Waals surface area contributed by atoms with Crippen LogP contribution in [0, 0.1) is 5.41 Å². The first-order chi connectivity index (χ1) is 7.07. The number of rotatable bonds is 0. The molecule has 0 saturated carbocycles. The van der Waals surface area contributed by atoms with Gasteiger partial charge >= 0.3 is 6.09 Å². The molecule has 0 radical (unpaired) electrons. The zero-order chi connectivity index (χ0) is 12.7. The van der Waals surface area contributed by atoms with Crippen molar-refractivity contribution in [2.45, 2.75) is 45.2 Å². The summed E-state index contributed by atoms with van der Waals surface area (Å²) in [5.41, 5.74) is -0.699. The first-order valence-corrected chi connectivity index (χ1v) is 5.16. The zero-order valence-electron chi connectivity index (χ0n) is 9.64. The van der Waals surface area contributed by atoms with Crippen molar-refractivity contribution in [3.05, 3.63) is 0 Å². The minimum Gasteiger partial charge on any atom is -0.465 e. The van der Waals surface area contributed by atoms with Crippen LogP contribution in [0.5, 0.6) is 0 Å². The number of carbonyl (C=O) groups is 1. The molecule has 16 heavy (non-hydrogen) atoms. The third kappa shape index (κ3) is 2.27. The fraction of sp³-hybridized carbons (Fsp3) is 0.900. The third-order valence-electron chi connectivity index (χ3n) is 2.91. The van der Waals surface area contributed by atoms with Gasteiger partial charge in [-0.2, -0.15) is 0 Å². The minimum absolute atomic E-state index is 0.0787. The second kappa shape index (κ2) is 3.85. The summed E-state index contributed by atoms with van der Waals surface area (Å²) < 4.78 is 13.9. The molecule has 1 saturated heterocycles. The average Bonchev–Trinajstić information content (AvgIpc) is 2.06. The number of aliphatic hydroxyl groups is 2. The molecule has 1 fully saturated rings. The van der Waals surface area contributed by atoms with Gasteiger partial charge in [-0.1, -0.05) is 20.8 Å². The van der Waals surface area contributed by atoms with Gasteiger partial charge in [0, 0.05) is 13.0 Å². The molecule has 94 valence electrons. The number of amides is 1. The lowest BCUT2D eigenvalue weighted by Crippen LogP contribution is -2.64. The van der Waals surface area contributed by atoms with Gasteiger partial charge in [0.1, 0.15) is 0 Å². The molecule has 0 aromatic rings. The van der Waals surface area contributed by atoms with Crippen LogP contribution < -0.4 is 0 Å². The quantitative estimate of drug-likeness (QED) is 0.542. The number of hydrogen-bond acceptors (Lipinski definition) is 3. The third-order valence-corrected chi connectivity index (χ3v) is 2.91. The molecule has 1 amide bonds. The number of alkyl halides is 1. The number of carboxylic acid groups (broad SMARTS) is 1. The van der Waals surface area contributed by atoms with Crippen molar-refractivity contribution in [1.29, 1.82) is 0 Å². The van der Waals surface area contributed by atoms with Crippen LogP contribution in [-0.2, 0) is 0 Å². The first kappa shape index (κ1) is 13.2. The summed E-state index contributed by atoms with van der Waals surface area (Å²) in [5, 5.41) is 27.8. The topological polar surface area (TPSA) is 81.0 Å². The maximum absolute atomic E-state index is 13.9. The Morgan fingerprint density at radius 2 is 1.94 bits per heavy atom. The monoisotopic (exact) mass is 235 g/mol. The Bertz CT molecular complexity index is 287. The van der Waals surface area contributed by atoms with Gasteiger partial charge in [0.2, 0.25) is 0 Å². The Morgan fingerprint density at radius 3 is 2.31 bits per heavy atom. The molecule has 2 unspecified atom stereocenters. The molecule has 6 heteroatoms. The van der Waals surface area contributed by atoms with Crippen molar-refractivity contribution < 1.29 is 24.5 Å². The van der Waals surface area contributed by atoms with Gasteiger partial charge in [-0.05, 0) is 5.41 Å². The van der Waals surface area contributed by atoms with E-state index in [2.05, 4.69) is 0 Å². The van der Waals surface area contributed by atoms with Crippen LogP contribution >= 0.6 is 0 Å². The van der Waals surface area contributed by atoms with Gasteiger partial charge < -0.3 is 20.2 Å². The van der Waals surface area contributed by atoms with Gasteiger partial charge in [0.15, 0.2) is 12.0 Å². The summed E-state index contributed by atoms with van der Waals surface area (Å²) >= 11 is 0. The van der Waals surface area contributed by atoms with E-state index in [1.165, 1.54) is 0 Å². The second-order valence-corrected chi connectivity index (χ2v) is 5.32. The number of halogens is 1. The molecule has 0 aromatic carbocycles. The highest BCUT2D eigenvalue weighted by atomic mass is 19.1. The van der Waals surface area contributed by atoms with E-state index in [9.17, 15) is 19.4 Å². The van der Waals surface area contributed by atoms with Crippen molar-refractivity contribution in [3.8, 4) is 0 Å². The number of likely N-dealkylation sites (tertiary alicyclic amines) is 1. The summed E-state index contributed by atoms with van der Waals surface area (Å²) in [7, 11) is 0. The van der Waals surface area contributed by atoms with Gasteiger partial charge in [-0.3, -0.25) is 0 Å². The molecular weight excluding hydrogens is 217 g/mol. The van der Waals surface area contributed by atoms with Gasteiger partial charge in [-0.15, -0.1) is 0 Å². The Balaban J connectivity index is 3.05. The highest BCUT2D eigenvalue weighted by molar-refractivity contribution is 5.66. The SMILES string of the molecule is CC(C)(C)C1C(F)C(O)(O)CCN1C(=O)O. The van der Waals surface area contributed by atoms with Gasteiger partial charge in [0.05, 0.1) is 6.04 Å². The van der Waals surface area contributed by atoms with Crippen LogP contribution in [0.25, 0.3) is 0 Å². The van der Waals surface area contributed by atoms with Crippen molar-refractivity contribution in [2.24, 2.45) is 5.41 Å². The highest BCUT2D eigenvalue weighted by Gasteiger charge is 2.52. The molecule has 0 aromatic heterocycles. The minimum atomic E-state index is -2.44. The van der Waals surface area contributed by atoms with E-state index in [0.29, 0.717) is 0 Å². The van der Waals surface area contributed by atoms with Crippen LogP contribution in [0.3, 0.4) is 0 Å². The molecule has 1 aliphatic rings. The molecule has 5 nitrogen and oxygen atoms in total. The van der Waals surface area contributed by atoms with E-state index < -0.39 is 29.5 Å². The molecule has 3 N–H and O–H groups in total. The summed E-state index contributed by atoms with van der Waals surface area (Å²) in [4.78, 5) is 11.9. The summed E-state index contributed by atoms with van der Waals surface area (Å²) in [6, 6.07) is -1.06. The normalized spacial score (nSPS) is 30.2. The summed E-state index contributed by atoms with van der Waals surface area (Å²) in [6.07, 6.45) is -3.55. The number of piperidine rings is 1. The average molecular weight is 235 g/mol. The smallest absolute Gasteiger partial charge is 0.407 e. The van der Waals surface area contributed by atoms with Gasteiger partial charge in [-0.25, -0.2) is 9.18 Å². The van der Waals surface area contributed by atoms with E-state index >= 15 is 0 Å². The van der Waals surface area contributed by atoms with Crippen LogP contribution in [0.2, 0.25) is 0 Å². The molecule has 0 spiro atoms. The Morgan fingerprint density at radius 1 is 1.44 bits per heavy atom. The largest absolute Gasteiger partial charge is 0.465 e. The van der Waals surface area contributed by atoms with Crippen LogP contribution in [0.4, 0.5) is 9.18 Å².